The number of hydrogen-bond acceptors (Lipinski definition) is 4. The largest absolute Gasteiger partial charge is 0.466 e. The highest BCUT2D eigenvalue weighted by Gasteiger charge is 2.62. The van der Waals surface area contributed by atoms with Crippen LogP contribution < -0.4 is 0 Å². The molecule has 82 valence electrons. The normalized spacial score (nSPS) is 23.2. The minimum Gasteiger partial charge on any atom is -0.466 e. The molecule has 4 nitrogen and oxygen atoms in total. The van der Waals surface area contributed by atoms with Crippen LogP contribution >= 0.6 is 0 Å². The third kappa shape index (κ3) is 2.25. The molecule has 1 aliphatic rings. The van der Waals surface area contributed by atoms with Gasteiger partial charge in [0.2, 0.25) is 0 Å². The van der Waals surface area contributed by atoms with Gasteiger partial charge in [-0.25, -0.2) is 0 Å². The topological polar surface area (TPSA) is 44.8 Å². The van der Waals surface area contributed by atoms with Gasteiger partial charge in [0.25, 0.3) is 0 Å². The molecular formula is C10H18O4. The Morgan fingerprint density at radius 3 is 2.21 bits per heavy atom. The maximum atomic E-state index is 11.4. The van der Waals surface area contributed by atoms with E-state index in [0.717, 1.165) is 0 Å². The Hall–Kier alpha value is -0.610. The summed E-state index contributed by atoms with van der Waals surface area (Å²) >= 11 is 0. The van der Waals surface area contributed by atoms with Crippen LogP contribution in [0.1, 0.15) is 27.2 Å². The summed E-state index contributed by atoms with van der Waals surface area (Å²) in [6.45, 7) is 7.08. The van der Waals surface area contributed by atoms with Gasteiger partial charge in [-0.05, 0) is 20.8 Å². The molecule has 1 saturated carbocycles. The highest BCUT2D eigenvalue weighted by Crippen LogP contribution is 2.48. The van der Waals surface area contributed by atoms with Crippen molar-refractivity contribution in [2.24, 2.45) is 5.92 Å². The van der Waals surface area contributed by atoms with Gasteiger partial charge < -0.3 is 14.2 Å². The van der Waals surface area contributed by atoms with Crippen molar-refractivity contribution >= 4 is 5.97 Å². The first-order valence-corrected chi connectivity index (χ1v) is 5.14. The van der Waals surface area contributed by atoms with Crippen LogP contribution in [0.15, 0.2) is 0 Å². The molecule has 0 bridgehead atoms. The Bertz CT molecular complexity index is 196. The summed E-state index contributed by atoms with van der Waals surface area (Å²) in [5.41, 5.74) is 0. The van der Waals surface area contributed by atoms with E-state index in [4.69, 9.17) is 14.2 Å². The Morgan fingerprint density at radius 2 is 1.79 bits per heavy atom. The number of rotatable bonds is 6. The smallest absolute Gasteiger partial charge is 0.314 e. The van der Waals surface area contributed by atoms with Crippen molar-refractivity contribution in [3.05, 3.63) is 0 Å². The first-order chi connectivity index (χ1) is 6.70. The number of ether oxygens (including phenoxy) is 3. The van der Waals surface area contributed by atoms with Crippen LogP contribution in [-0.2, 0) is 19.0 Å². The standard InChI is InChI=1S/C10H18O4/c1-4-12-9(11)8-7-10(8,13-5-2)14-6-3/h8H,4-7H2,1-3H3. The molecule has 4 heteroatoms. The highest BCUT2D eigenvalue weighted by atomic mass is 16.7. The van der Waals surface area contributed by atoms with Crippen molar-refractivity contribution in [1.82, 2.24) is 0 Å². The molecule has 0 heterocycles. The minimum absolute atomic E-state index is 0.214. The van der Waals surface area contributed by atoms with Crippen LogP contribution in [0.2, 0.25) is 0 Å². The van der Waals surface area contributed by atoms with E-state index in [1.54, 1.807) is 6.92 Å². The van der Waals surface area contributed by atoms with Crippen molar-refractivity contribution in [1.29, 1.82) is 0 Å². The van der Waals surface area contributed by atoms with Crippen LogP contribution in [0.4, 0.5) is 0 Å². The van der Waals surface area contributed by atoms with Gasteiger partial charge in [-0.3, -0.25) is 4.79 Å². The molecule has 0 aromatic carbocycles. The van der Waals surface area contributed by atoms with Crippen molar-refractivity contribution in [2.75, 3.05) is 19.8 Å². The molecule has 14 heavy (non-hydrogen) atoms. The lowest BCUT2D eigenvalue weighted by Gasteiger charge is -2.16. The molecule has 0 saturated heterocycles. The zero-order valence-electron chi connectivity index (χ0n) is 9.04. The molecule has 0 amide bonds. The Balaban J connectivity index is 2.47. The predicted molar refractivity (Wildman–Crippen MR) is 50.7 cm³/mol. The van der Waals surface area contributed by atoms with Gasteiger partial charge in [-0.2, -0.15) is 0 Å². The van der Waals surface area contributed by atoms with Gasteiger partial charge in [0.1, 0.15) is 5.92 Å². The van der Waals surface area contributed by atoms with E-state index < -0.39 is 5.79 Å². The first-order valence-electron chi connectivity index (χ1n) is 5.14. The molecule has 0 N–H and O–H groups in total. The highest BCUT2D eigenvalue weighted by molar-refractivity contribution is 5.77. The van der Waals surface area contributed by atoms with Gasteiger partial charge >= 0.3 is 5.97 Å². The molecule has 0 radical (unpaired) electrons. The van der Waals surface area contributed by atoms with Crippen LogP contribution in [0.3, 0.4) is 0 Å². The fourth-order valence-electron chi connectivity index (χ4n) is 1.58. The second-order valence-corrected chi connectivity index (χ2v) is 3.19. The van der Waals surface area contributed by atoms with Crippen LogP contribution in [0.5, 0.6) is 0 Å². The number of hydrogen-bond donors (Lipinski definition) is 0. The lowest BCUT2D eigenvalue weighted by molar-refractivity contribution is -0.182. The van der Waals surface area contributed by atoms with E-state index >= 15 is 0 Å². The zero-order chi connectivity index (χ0) is 10.6. The fraction of sp³-hybridized carbons (Fsp3) is 0.900. The quantitative estimate of drug-likeness (QED) is 0.481. The Kier molecular flexibility index (Phi) is 3.89. The number of esters is 1. The van der Waals surface area contributed by atoms with Crippen LogP contribution in [-0.4, -0.2) is 31.6 Å². The van der Waals surface area contributed by atoms with Crippen LogP contribution in [0, 0.1) is 5.92 Å². The lowest BCUT2D eigenvalue weighted by Crippen LogP contribution is -2.25. The zero-order valence-corrected chi connectivity index (χ0v) is 9.04. The Labute approximate surface area is 84.5 Å². The average Bonchev–Trinajstić information content (AvgIpc) is 2.81. The van der Waals surface area contributed by atoms with Crippen molar-refractivity contribution < 1.29 is 19.0 Å². The molecule has 1 atom stereocenters. The summed E-state index contributed by atoms with van der Waals surface area (Å²) < 4.78 is 15.8. The summed E-state index contributed by atoms with van der Waals surface area (Å²) in [6.07, 6.45) is 0.619. The molecular weight excluding hydrogens is 184 g/mol. The molecule has 0 aromatic rings. The summed E-state index contributed by atoms with van der Waals surface area (Å²) in [7, 11) is 0. The van der Waals surface area contributed by atoms with E-state index in [2.05, 4.69) is 0 Å². The maximum Gasteiger partial charge on any atom is 0.314 e. The van der Waals surface area contributed by atoms with E-state index in [1.807, 2.05) is 13.8 Å². The molecule has 0 aromatic heterocycles. The number of carbonyl (C=O) groups excluding carboxylic acids is 1. The van der Waals surface area contributed by atoms with E-state index in [-0.39, 0.29) is 11.9 Å². The van der Waals surface area contributed by atoms with Gasteiger partial charge in [0, 0.05) is 19.6 Å². The number of carbonyl (C=O) groups is 1. The van der Waals surface area contributed by atoms with Crippen molar-refractivity contribution in [3.63, 3.8) is 0 Å². The van der Waals surface area contributed by atoms with Crippen molar-refractivity contribution in [2.45, 2.75) is 33.0 Å². The van der Waals surface area contributed by atoms with E-state index in [9.17, 15) is 4.79 Å². The first kappa shape index (κ1) is 11.5. The maximum absolute atomic E-state index is 11.4. The molecule has 1 rings (SSSR count). The monoisotopic (exact) mass is 202 g/mol. The van der Waals surface area contributed by atoms with Crippen molar-refractivity contribution in [3.8, 4) is 0 Å². The average molecular weight is 202 g/mol. The fourth-order valence-corrected chi connectivity index (χ4v) is 1.58. The van der Waals surface area contributed by atoms with Gasteiger partial charge in [-0.15, -0.1) is 0 Å². The van der Waals surface area contributed by atoms with E-state index in [0.29, 0.717) is 26.2 Å². The second-order valence-electron chi connectivity index (χ2n) is 3.19. The predicted octanol–water partition coefficient (Wildman–Crippen LogP) is 1.34. The third-order valence-electron chi connectivity index (χ3n) is 2.21. The Morgan fingerprint density at radius 1 is 1.21 bits per heavy atom. The summed E-state index contributed by atoms with van der Waals surface area (Å²) in [6, 6.07) is 0. The van der Waals surface area contributed by atoms with Gasteiger partial charge in [-0.1, -0.05) is 0 Å². The molecule has 0 aliphatic heterocycles. The van der Waals surface area contributed by atoms with Gasteiger partial charge in [0.15, 0.2) is 5.79 Å². The SMILES string of the molecule is CCOC(=O)C1CC1(OCC)OCC. The summed E-state index contributed by atoms with van der Waals surface area (Å²) in [5.74, 6) is -1.13. The second kappa shape index (κ2) is 4.75. The summed E-state index contributed by atoms with van der Waals surface area (Å²) in [4.78, 5) is 11.4. The summed E-state index contributed by atoms with van der Waals surface area (Å²) in [5, 5.41) is 0. The van der Waals surface area contributed by atoms with Crippen LogP contribution in [0.25, 0.3) is 0 Å². The molecule has 0 spiro atoms. The molecule has 1 fully saturated rings. The third-order valence-corrected chi connectivity index (χ3v) is 2.21. The van der Waals surface area contributed by atoms with Gasteiger partial charge in [0.05, 0.1) is 6.61 Å². The molecule has 1 unspecified atom stereocenters. The van der Waals surface area contributed by atoms with E-state index in [1.165, 1.54) is 0 Å². The molecule has 1 aliphatic carbocycles. The lowest BCUT2D eigenvalue weighted by atomic mass is 10.4. The minimum atomic E-state index is -0.685.